The third-order valence-corrected chi connectivity index (χ3v) is 3.97. The highest BCUT2D eigenvalue weighted by Crippen LogP contribution is 2.21. The first-order valence-corrected chi connectivity index (χ1v) is 8.92. The summed E-state index contributed by atoms with van der Waals surface area (Å²) in [5, 5.41) is 6.31. The maximum atomic E-state index is 11.9. The Balaban J connectivity index is 1.96. The van der Waals surface area contributed by atoms with Crippen LogP contribution in [0.2, 0.25) is 0 Å². The average molecular weight is 428 g/mol. The third kappa shape index (κ3) is 6.28. The van der Waals surface area contributed by atoms with Crippen LogP contribution < -0.4 is 15.5 Å². The number of nitrogens with zero attached hydrogens (tertiary/aromatic N) is 1. The number of hydrazone groups is 1. The highest BCUT2D eigenvalue weighted by atomic mass is 79.9. The molecule has 0 aliphatic rings. The van der Waals surface area contributed by atoms with Gasteiger partial charge in [0, 0.05) is 15.7 Å². The molecular formula is C20H18BrN3O3. The van der Waals surface area contributed by atoms with Crippen molar-refractivity contribution in [2.45, 2.75) is 13.3 Å². The SMILES string of the molecule is C#CCOc1ccc(Br)cc1/C=N/NC(=O)C(=O)Nc1ccc(CC)cc1. The molecule has 2 aromatic rings. The van der Waals surface area contributed by atoms with Crippen LogP contribution in [0.25, 0.3) is 0 Å². The van der Waals surface area contributed by atoms with Crippen LogP contribution in [-0.2, 0) is 16.0 Å². The number of anilines is 1. The Labute approximate surface area is 166 Å². The zero-order valence-corrected chi connectivity index (χ0v) is 16.2. The molecule has 0 spiro atoms. The van der Waals surface area contributed by atoms with E-state index >= 15 is 0 Å². The van der Waals surface area contributed by atoms with Gasteiger partial charge in [-0.25, -0.2) is 5.43 Å². The summed E-state index contributed by atoms with van der Waals surface area (Å²) in [4.78, 5) is 23.8. The van der Waals surface area contributed by atoms with Crippen molar-refractivity contribution in [1.82, 2.24) is 5.43 Å². The molecule has 2 aromatic carbocycles. The van der Waals surface area contributed by atoms with Gasteiger partial charge < -0.3 is 10.1 Å². The fraction of sp³-hybridized carbons (Fsp3) is 0.150. The van der Waals surface area contributed by atoms with E-state index in [-0.39, 0.29) is 6.61 Å². The zero-order valence-electron chi connectivity index (χ0n) is 14.7. The molecule has 2 amide bonds. The standard InChI is InChI=1S/C20H18BrN3O3/c1-3-11-27-18-10-7-16(21)12-15(18)13-22-24-20(26)19(25)23-17-8-5-14(4-2)6-9-17/h1,5-10,12-13H,4,11H2,2H3,(H,23,25)(H,24,26)/b22-13+. The molecule has 0 unspecified atom stereocenters. The van der Waals surface area contributed by atoms with Gasteiger partial charge in [-0.15, -0.1) is 6.42 Å². The molecule has 0 heterocycles. The molecule has 7 heteroatoms. The van der Waals surface area contributed by atoms with Gasteiger partial charge in [0.2, 0.25) is 0 Å². The summed E-state index contributed by atoms with van der Waals surface area (Å²) in [5.41, 5.74) is 4.45. The number of halogens is 1. The number of rotatable bonds is 6. The molecule has 0 fully saturated rings. The molecule has 0 atom stereocenters. The number of benzene rings is 2. The first kappa shape index (κ1) is 20.2. The van der Waals surface area contributed by atoms with Crippen LogP contribution in [0.4, 0.5) is 5.69 Å². The largest absolute Gasteiger partial charge is 0.480 e. The van der Waals surface area contributed by atoms with E-state index in [2.05, 4.69) is 37.7 Å². The first-order valence-electron chi connectivity index (χ1n) is 8.12. The van der Waals surface area contributed by atoms with E-state index < -0.39 is 11.8 Å². The number of terminal acetylenes is 1. The van der Waals surface area contributed by atoms with E-state index in [1.165, 1.54) is 6.21 Å². The maximum Gasteiger partial charge on any atom is 0.329 e. The summed E-state index contributed by atoms with van der Waals surface area (Å²) in [6, 6.07) is 12.5. The number of hydrogen-bond acceptors (Lipinski definition) is 4. The minimum Gasteiger partial charge on any atom is -0.480 e. The second kappa shape index (κ2) is 10.1. The second-order valence-electron chi connectivity index (χ2n) is 5.38. The van der Waals surface area contributed by atoms with E-state index in [1.807, 2.05) is 19.1 Å². The van der Waals surface area contributed by atoms with Gasteiger partial charge in [-0.05, 0) is 42.3 Å². The van der Waals surface area contributed by atoms with Gasteiger partial charge in [0.15, 0.2) is 0 Å². The van der Waals surface area contributed by atoms with Gasteiger partial charge in [0.05, 0.1) is 6.21 Å². The fourth-order valence-corrected chi connectivity index (χ4v) is 2.47. The molecule has 0 aliphatic heterocycles. The number of hydrogen-bond donors (Lipinski definition) is 2. The summed E-state index contributed by atoms with van der Waals surface area (Å²) in [7, 11) is 0. The van der Waals surface area contributed by atoms with Crippen LogP contribution in [0, 0.1) is 12.3 Å². The Bertz CT molecular complexity index is 886. The van der Waals surface area contributed by atoms with E-state index in [1.54, 1.807) is 30.3 Å². The van der Waals surface area contributed by atoms with Crippen LogP contribution in [-0.4, -0.2) is 24.6 Å². The van der Waals surface area contributed by atoms with Gasteiger partial charge in [0.25, 0.3) is 0 Å². The Morgan fingerprint density at radius 1 is 1.22 bits per heavy atom. The predicted octanol–water partition coefficient (Wildman–Crippen LogP) is 3.11. The molecule has 0 bridgehead atoms. The highest BCUT2D eigenvalue weighted by molar-refractivity contribution is 9.10. The van der Waals surface area contributed by atoms with Crippen molar-refractivity contribution < 1.29 is 14.3 Å². The number of aryl methyl sites for hydroxylation is 1. The van der Waals surface area contributed by atoms with Crippen molar-refractivity contribution in [2.24, 2.45) is 5.10 Å². The smallest absolute Gasteiger partial charge is 0.329 e. The van der Waals surface area contributed by atoms with Gasteiger partial charge in [-0.3, -0.25) is 9.59 Å². The molecule has 0 radical (unpaired) electrons. The van der Waals surface area contributed by atoms with Crippen LogP contribution in [0.5, 0.6) is 5.75 Å². The van der Waals surface area contributed by atoms with E-state index in [9.17, 15) is 9.59 Å². The number of nitrogens with one attached hydrogen (secondary N) is 2. The molecule has 27 heavy (non-hydrogen) atoms. The van der Waals surface area contributed by atoms with Gasteiger partial charge in [-0.1, -0.05) is 40.9 Å². The summed E-state index contributed by atoms with van der Waals surface area (Å²) in [5.74, 6) is 1.19. The van der Waals surface area contributed by atoms with Crippen molar-refractivity contribution >= 4 is 39.6 Å². The van der Waals surface area contributed by atoms with E-state index in [0.717, 1.165) is 16.5 Å². The summed E-state index contributed by atoms with van der Waals surface area (Å²) >= 11 is 3.35. The Hall–Kier alpha value is -3.11. The minimum atomic E-state index is -0.882. The zero-order chi connectivity index (χ0) is 19.6. The number of amides is 2. The van der Waals surface area contributed by atoms with Crippen LogP contribution >= 0.6 is 15.9 Å². The highest BCUT2D eigenvalue weighted by Gasteiger charge is 2.13. The second-order valence-corrected chi connectivity index (χ2v) is 6.29. The van der Waals surface area contributed by atoms with Crippen molar-refractivity contribution in [3.05, 3.63) is 58.1 Å². The lowest BCUT2D eigenvalue weighted by atomic mass is 10.1. The lowest BCUT2D eigenvalue weighted by molar-refractivity contribution is -0.136. The van der Waals surface area contributed by atoms with Crippen LogP contribution in [0.3, 0.4) is 0 Å². The topological polar surface area (TPSA) is 79.8 Å². The number of ether oxygens (including phenoxy) is 1. The number of carbonyl (C=O) groups excluding carboxylic acids is 2. The molecule has 0 aliphatic carbocycles. The van der Waals surface area contributed by atoms with E-state index in [4.69, 9.17) is 11.2 Å². The number of carbonyl (C=O) groups is 2. The van der Waals surface area contributed by atoms with Crippen molar-refractivity contribution in [3.63, 3.8) is 0 Å². The molecule has 0 aromatic heterocycles. The van der Waals surface area contributed by atoms with Crippen LogP contribution in [0.1, 0.15) is 18.1 Å². The molecular weight excluding hydrogens is 410 g/mol. The molecule has 0 saturated heterocycles. The molecule has 138 valence electrons. The van der Waals surface area contributed by atoms with E-state index in [0.29, 0.717) is 17.0 Å². The lowest BCUT2D eigenvalue weighted by Gasteiger charge is -2.07. The van der Waals surface area contributed by atoms with Gasteiger partial charge >= 0.3 is 11.8 Å². The quantitative estimate of drug-likeness (QED) is 0.321. The molecule has 0 saturated carbocycles. The summed E-state index contributed by atoms with van der Waals surface area (Å²) < 4.78 is 6.21. The molecule has 6 nitrogen and oxygen atoms in total. The Kier molecular flexibility index (Phi) is 7.59. The van der Waals surface area contributed by atoms with Crippen molar-refractivity contribution in [2.75, 3.05) is 11.9 Å². The van der Waals surface area contributed by atoms with Crippen molar-refractivity contribution in [3.8, 4) is 18.1 Å². The average Bonchev–Trinajstić information content (AvgIpc) is 2.67. The summed E-state index contributed by atoms with van der Waals surface area (Å²) in [6.07, 6.45) is 7.46. The lowest BCUT2D eigenvalue weighted by Crippen LogP contribution is -2.32. The maximum absolute atomic E-state index is 11.9. The van der Waals surface area contributed by atoms with Crippen molar-refractivity contribution in [1.29, 1.82) is 0 Å². The molecule has 2 rings (SSSR count). The van der Waals surface area contributed by atoms with Gasteiger partial charge in [0.1, 0.15) is 12.4 Å². The first-order chi connectivity index (χ1) is 13.0. The minimum absolute atomic E-state index is 0.105. The third-order valence-electron chi connectivity index (χ3n) is 3.48. The normalized spacial score (nSPS) is 10.3. The predicted molar refractivity (Wildman–Crippen MR) is 109 cm³/mol. The van der Waals surface area contributed by atoms with Crippen LogP contribution in [0.15, 0.2) is 52.0 Å². The molecule has 2 N–H and O–H groups in total. The fourth-order valence-electron chi connectivity index (χ4n) is 2.09. The van der Waals surface area contributed by atoms with Gasteiger partial charge in [-0.2, -0.15) is 5.10 Å². The monoisotopic (exact) mass is 427 g/mol. The summed E-state index contributed by atoms with van der Waals surface area (Å²) in [6.45, 7) is 2.14. The Morgan fingerprint density at radius 3 is 2.63 bits per heavy atom. The Morgan fingerprint density at radius 2 is 1.96 bits per heavy atom.